The number of aliphatic imine (C=N–C) groups is 1. The van der Waals surface area contributed by atoms with Crippen LogP contribution in [0.1, 0.15) is 30.1 Å². The first kappa shape index (κ1) is 25.3. The lowest BCUT2D eigenvalue weighted by atomic mass is 10.1. The number of aliphatic hydroxyl groups is 1. The lowest BCUT2D eigenvalue weighted by molar-refractivity contribution is 0.0783. The third kappa shape index (κ3) is 5.39. The molecule has 35 heavy (non-hydrogen) atoms. The van der Waals surface area contributed by atoms with E-state index in [0.717, 1.165) is 12.5 Å². The Balaban J connectivity index is 1.51. The number of benzene rings is 1. The van der Waals surface area contributed by atoms with Crippen LogP contribution in [0.5, 0.6) is 5.75 Å². The maximum atomic E-state index is 14.8. The fourth-order valence-electron chi connectivity index (χ4n) is 4.73. The molecule has 3 aliphatic heterocycles. The number of allylic oxidation sites excluding steroid dienone is 1. The zero-order chi connectivity index (χ0) is 25.1. The predicted molar refractivity (Wildman–Crippen MR) is 129 cm³/mol. The lowest BCUT2D eigenvalue weighted by Gasteiger charge is -2.29. The maximum Gasteiger partial charge on any atom is 0.258 e. The van der Waals surface area contributed by atoms with Crippen molar-refractivity contribution in [1.29, 1.82) is 5.41 Å². The highest BCUT2D eigenvalue weighted by Crippen LogP contribution is 2.31. The van der Waals surface area contributed by atoms with Gasteiger partial charge in [-0.1, -0.05) is 18.5 Å². The van der Waals surface area contributed by atoms with E-state index < -0.39 is 23.9 Å². The van der Waals surface area contributed by atoms with E-state index in [-0.39, 0.29) is 49.4 Å². The Bertz CT molecular complexity index is 1090. The molecule has 1 amide bonds. The number of halogens is 3. The smallest absolute Gasteiger partial charge is 0.258 e. The van der Waals surface area contributed by atoms with Gasteiger partial charge in [-0.05, 0) is 25.0 Å². The Labute approximate surface area is 207 Å². The van der Waals surface area contributed by atoms with E-state index in [0.29, 0.717) is 29.4 Å². The molecule has 8 nitrogen and oxygen atoms in total. The summed E-state index contributed by atoms with van der Waals surface area (Å²) >= 11 is 5.87. The summed E-state index contributed by atoms with van der Waals surface area (Å²) in [7, 11) is 0. The molecule has 0 radical (unpaired) electrons. The number of alkyl halides is 1. The third-order valence-electron chi connectivity index (χ3n) is 6.52. The van der Waals surface area contributed by atoms with Crippen LogP contribution in [0.25, 0.3) is 0 Å². The Morgan fingerprint density at radius 1 is 1.40 bits per heavy atom. The lowest BCUT2D eigenvalue weighted by Crippen LogP contribution is -2.43. The molecule has 3 aliphatic rings. The molecule has 2 fully saturated rings. The molecule has 1 aromatic rings. The van der Waals surface area contributed by atoms with Crippen molar-refractivity contribution < 1.29 is 23.4 Å². The minimum absolute atomic E-state index is 0.0118. The zero-order valence-electron chi connectivity index (χ0n) is 19.3. The summed E-state index contributed by atoms with van der Waals surface area (Å²) in [6, 6.07) is 3.00. The van der Waals surface area contributed by atoms with Crippen LogP contribution >= 0.6 is 11.6 Å². The first-order valence-electron chi connectivity index (χ1n) is 11.5. The molecule has 11 heteroatoms. The number of amides is 1. The molecule has 3 unspecified atom stereocenters. The number of carbonyl (C=O) groups excluding carboxylic acids is 1. The standard InChI is InChI=1S/C24H28ClF2N5O3/c1-2-16-8-19(27)21(32(16)5-6-33)13-35-22-7-15(26)3-4-17(22)24(34)31-11-18(20(28)12-31)23-29-9-14(25)10-30-23/h3-4,7,9-10,16,19,21,28-29,33H,2,5-6,8,11-13H2,1H3/b23-18+,28-20?. The topological polar surface area (TPSA) is 101 Å². The fourth-order valence-corrected chi connectivity index (χ4v) is 4.83. The van der Waals surface area contributed by atoms with E-state index in [1.54, 1.807) is 6.20 Å². The normalized spacial score (nSPS) is 26.8. The number of rotatable bonds is 7. The number of β-amino-alcohol motifs (C(OH)–C–C–N with tert-alkyl or cyclic N) is 1. The van der Waals surface area contributed by atoms with Crippen molar-refractivity contribution in [2.75, 3.05) is 32.8 Å². The van der Waals surface area contributed by atoms with Crippen LogP contribution in [-0.4, -0.2) is 83.8 Å². The first-order valence-corrected chi connectivity index (χ1v) is 11.9. The zero-order valence-corrected chi connectivity index (χ0v) is 20.1. The summed E-state index contributed by atoms with van der Waals surface area (Å²) in [4.78, 5) is 20.8. The Kier molecular flexibility index (Phi) is 7.83. The van der Waals surface area contributed by atoms with Crippen LogP contribution in [-0.2, 0) is 0 Å². The number of likely N-dealkylation sites (tertiary alicyclic amines) is 2. The third-order valence-corrected chi connectivity index (χ3v) is 6.73. The number of nitrogens with zero attached hydrogens (tertiary/aromatic N) is 3. The Morgan fingerprint density at radius 3 is 2.89 bits per heavy atom. The van der Waals surface area contributed by atoms with Crippen molar-refractivity contribution in [3.63, 3.8) is 0 Å². The number of aliphatic hydroxyl groups excluding tert-OH is 1. The summed E-state index contributed by atoms with van der Waals surface area (Å²) < 4.78 is 34.7. The van der Waals surface area contributed by atoms with Crippen LogP contribution in [0.15, 0.2) is 45.8 Å². The second-order valence-electron chi connectivity index (χ2n) is 8.69. The van der Waals surface area contributed by atoms with Gasteiger partial charge in [0.1, 0.15) is 30.2 Å². The maximum absolute atomic E-state index is 14.8. The van der Waals surface area contributed by atoms with Gasteiger partial charge in [0.2, 0.25) is 0 Å². The molecule has 4 rings (SSSR count). The van der Waals surface area contributed by atoms with Crippen molar-refractivity contribution in [3.05, 3.63) is 52.2 Å². The van der Waals surface area contributed by atoms with Gasteiger partial charge < -0.3 is 25.5 Å². The molecule has 1 aromatic carbocycles. The van der Waals surface area contributed by atoms with Gasteiger partial charge >= 0.3 is 0 Å². The summed E-state index contributed by atoms with van der Waals surface area (Å²) in [6.45, 7) is 2.27. The highest BCUT2D eigenvalue weighted by molar-refractivity contribution is 6.39. The van der Waals surface area contributed by atoms with Gasteiger partial charge in [0, 0.05) is 36.6 Å². The minimum Gasteiger partial charge on any atom is -0.491 e. The van der Waals surface area contributed by atoms with Crippen LogP contribution in [0.3, 0.4) is 0 Å². The SMILES string of the molecule is CCC1CC(F)C(COc2cc(F)ccc2C(=O)N2CC(=N)/C(=C3/N=CC(Cl)=CN3)C2)N1CCO. The summed E-state index contributed by atoms with van der Waals surface area (Å²) in [5.74, 6) is -0.562. The molecule has 0 bridgehead atoms. The van der Waals surface area contributed by atoms with Crippen LogP contribution in [0.2, 0.25) is 0 Å². The van der Waals surface area contributed by atoms with E-state index in [9.17, 15) is 18.7 Å². The van der Waals surface area contributed by atoms with E-state index >= 15 is 0 Å². The largest absolute Gasteiger partial charge is 0.491 e. The van der Waals surface area contributed by atoms with Crippen molar-refractivity contribution in [2.45, 2.75) is 38.0 Å². The molecule has 2 saturated heterocycles. The molecule has 0 saturated carbocycles. The summed E-state index contributed by atoms with van der Waals surface area (Å²) in [5, 5.41) is 21.0. The number of nitrogens with one attached hydrogen (secondary N) is 2. The predicted octanol–water partition coefficient (Wildman–Crippen LogP) is 2.83. The average molecular weight is 508 g/mol. The van der Waals surface area contributed by atoms with Crippen LogP contribution < -0.4 is 10.1 Å². The van der Waals surface area contributed by atoms with E-state index in [2.05, 4.69) is 10.3 Å². The van der Waals surface area contributed by atoms with Gasteiger partial charge in [-0.2, -0.15) is 0 Å². The molecule has 0 aromatic heterocycles. The number of ether oxygens (including phenoxy) is 1. The molecule has 3 heterocycles. The highest BCUT2D eigenvalue weighted by Gasteiger charge is 2.41. The van der Waals surface area contributed by atoms with E-state index in [4.69, 9.17) is 21.7 Å². The molecule has 0 spiro atoms. The second-order valence-corrected chi connectivity index (χ2v) is 9.13. The number of hydrogen-bond donors (Lipinski definition) is 3. The second kappa shape index (κ2) is 10.8. The molecule has 3 atom stereocenters. The van der Waals surface area contributed by atoms with E-state index in [1.165, 1.54) is 23.2 Å². The van der Waals surface area contributed by atoms with Crippen molar-refractivity contribution in [1.82, 2.24) is 15.1 Å². The van der Waals surface area contributed by atoms with Crippen LogP contribution in [0, 0.1) is 11.2 Å². The molecule has 188 valence electrons. The van der Waals surface area contributed by atoms with Gasteiger partial charge in [-0.3, -0.25) is 9.69 Å². The molecular weight excluding hydrogens is 480 g/mol. The van der Waals surface area contributed by atoms with Crippen molar-refractivity contribution in [3.8, 4) is 5.75 Å². The molecular formula is C24H28ClF2N5O3. The fraction of sp³-hybridized carbons (Fsp3) is 0.458. The average Bonchev–Trinajstić information content (AvgIpc) is 3.37. The Hall–Kier alpha value is -2.82. The Morgan fingerprint density at radius 2 is 2.20 bits per heavy atom. The quantitative estimate of drug-likeness (QED) is 0.527. The van der Waals surface area contributed by atoms with Crippen LogP contribution in [0.4, 0.5) is 8.78 Å². The number of carbonyl (C=O) groups is 1. The first-order chi connectivity index (χ1) is 16.8. The molecule has 0 aliphatic carbocycles. The van der Waals surface area contributed by atoms with Gasteiger partial charge in [0.15, 0.2) is 0 Å². The van der Waals surface area contributed by atoms with Gasteiger partial charge in [0.25, 0.3) is 5.91 Å². The monoisotopic (exact) mass is 507 g/mol. The number of hydrogen-bond acceptors (Lipinski definition) is 7. The van der Waals surface area contributed by atoms with Crippen molar-refractivity contribution in [2.24, 2.45) is 4.99 Å². The molecule has 3 N–H and O–H groups in total. The van der Waals surface area contributed by atoms with Crippen molar-refractivity contribution >= 4 is 29.4 Å². The summed E-state index contributed by atoms with van der Waals surface area (Å²) in [5.41, 5.74) is 0.907. The van der Waals surface area contributed by atoms with E-state index in [1.807, 2.05) is 11.8 Å². The summed E-state index contributed by atoms with van der Waals surface area (Å²) in [6.07, 6.45) is 2.92. The highest BCUT2D eigenvalue weighted by atomic mass is 35.5. The van der Waals surface area contributed by atoms with Gasteiger partial charge in [-0.15, -0.1) is 0 Å². The van der Waals surface area contributed by atoms with Gasteiger partial charge in [0.05, 0.1) is 42.0 Å². The van der Waals surface area contributed by atoms with Gasteiger partial charge in [-0.25, -0.2) is 13.8 Å². The minimum atomic E-state index is -1.15.